The lowest BCUT2D eigenvalue weighted by atomic mass is 9.84. The number of carbonyl (C=O) groups is 1. The number of hydrogen-bond donors (Lipinski definition) is 1. The quantitative estimate of drug-likeness (QED) is 0.764. The van der Waals surface area contributed by atoms with E-state index in [1.54, 1.807) is 0 Å². The molecule has 0 atom stereocenters. The van der Waals surface area contributed by atoms with Crippen molar-refractivity contribution in [2.45, 2.75) is 50.1 Å². The lowest BCUT2D eigenvalue weighted by molar-refractivity contribution is -0.125. The van der Waals surface area contributed by atoms with Crippen LogP contribution in [0.15, 0.2) is 54.6 Å². The fourth-order valence-electron chi connectivity index (χ4n) is 5.49. The second-order valence-electron chi connectivity index (χ2n) is 8.50. The predicted octanol–water partition coefficient (Wildman–Crippen LogP) is 3.78. The van der Waals surface area contributed by atoms with Crippen molar-refractivity contribution in [2.75, 3.05) is 24.7 Å². The summed E-state index contributed by atoms with van der Waals surface area (Å²) in [5, 5.41) is 3.11. The number of piperidine rings is 1. The lowest BCUT2D eigenvalue weighted by Crippen LogP contribution is -2.57. The third kappa shape index (κ3) is 3.64. The Labute approximate surface area is 179 Å². The molecule has 1 N–H and O–H groups in total. The van der Waals surface area contributed by atoms with E-state index in [0.29, 0.717) is 12.7 Å². The van der Waals surface area contributed by atoms with E-state index in [9.17, 15) is 4.79 Å². The van der Waals surface area contributed by atoms with E-state index in [0.717, 1.165) is 31.6 Å². The Bertz CT molecular complexity index is 821. The van der Waals surface area contributed by atoms with Gasteiger partial charge in [0, 0.05) is 24.8 Å². The van der Waals surface area contributed by atoms with Crippen LogP contribution in [0, 0.1) is 0 Å². The maximum atomic E-state index is 12.9. The van der Waals surface area contributed by atoms with Crippen LogP contribution in [0.1, 0.15) is 36.8 Å². The first-order valence-electron chi connectivity index (χ1n) is 10.7. The summed E-state index contributed by atoms with van der Waals surface area (Å²) in [5.74, 6) is 0.212. The molecular weight excluding hydrogens is 382 g/mol. The monoisotopic (exact) mass is 411 g/mol. The van der Waals surface area contributed by atoms with E-state index < -0.39 is 0 Å². The summed E-state index contributed by atoms with van der Waals surface area (Å²) in [5.41, 5.74) is 3.85. The fourth-order valence-corrected chi connectivity index (χ4v) is 5.49. The largest absolute Gasteiger partial charge is 0.339 e. The number of carbonyl (C=O) groups excluding carboxylic acids is 1. The summed E-state index contributed by atoms with van der Waals surface area (Å²) < 4.78 is 0. The summed E-state index contributed by atoms with van der Waals surface area (Å²) >= 11 is 0. The van der Waals surface area contributed by atoms with Gasteiger partial charge in [-0.3, -0.25) is 4.79 Å². The van der Waals surface area contributed by atoms with Gasteiger partial charge in [-0.1, -0.05) is 42.5 Å². The molecule has 4 nitrogen and oxygen atoms in total. The van der Waals surface area contributed by atoms with Crippen molar-refractivity contribution in [1.29, 1.82) is 0 Å². The van der Waals surface area contributed by atoms with E-state index in [2.05, 4.69) is 63.6 Å². The van der Waals surface area contributed by atoms with Crippen molar-refractivity contribution in [3.05, 3.63) is 65.7 Å². The van der Waals surface area contributed by atoms with Crippen LogP contribution in [0.4, 0.5) is 5.69 Å². The number of nitrogens with one attached hydrogen (secondary N) is 1. The van der Waals surface area contributed by atoms with E-state index in [1.165, 1.54) is 36.8 Å². The van der Waals surface area contributed by atoms with Gasteiger partial charge in [0.1, 0.15) is 5.54 Å². The molecule has 0 unspecified atom stereocenters. The van der Waals surface area contributed by atoms with Gasteiger partial charge in [0.25, 0.3) is 0 Å². The van der Waals surface area contributed by atoms with Crippen molar-refractivity contribution in [2.24, 2.45) is 0 Å². The number of amides is 1. The third-order valence-electron chi connectivity index (χ3n) is 7.16. The Balaban J connectivity index is 0.00000205. The topological polar surface area (TPSA) is 35.6 Å². The molecule has 2 saturated heterocycles. The van der Waals surface area contributed by atoms with E-state index >= 15 is 0 Å². The van der Waals surface area contributed by atoms with Crippen LogP contribution in [0.2, 0.25) is 0 Å². The Morgan fingerprint density at radius 3 is 2.07 bits per heavy atom. The van der Waals surface area contributed by atoms with Gasteiger partial charge in [-0.15, -0.1) is 12.4 Å². The van der Waals surface area contributed by atoms with Crippen molar-refractivity contribution >= 4 is 24.0 Å². The van der Waals surface area contributed by atoms with Crippen LogP contribution in [0.25, 0.3) is 0 Å². The lowest BCUT2D eigenvalue weighted by Gasteiger charge is -2.45. The van der Waals surface area contributed by atoms with Crippen LogP contribution in [0.5, 0.6) is 0 Å². The molecule has 2 aromatic rings. The minimum absolute atomic E-state index is 0. The number of para-hydroxylation sites is 1. The average molecular weight is 412 g/mol. The number of anilines is 1. The molecule has 5 heteroatoms. The zero-order chi connectivity index (χ0) is 19.0. The zero-order valence-electron chi connectivity index (χ0n) is 16.8. The van der Waals surface area contributed by atoms with Crippen LogP contribution in [-0.4, -0.2) is 42.1 Å². The van der Waals surface area contributed by atoms with Gasteiger partial charge < -0.3 is 15.1 Å². The number of rotatable bonds is 2. The molecule has 2 heterocycles. The maximum absolute atomic E-state index is 12.9. The zero-order valence-corrected chi connectivity index (χ0v) is 17.7. The minimum atomic E-state index is -0.369. The second kappa shape index (κ2) is 8.37. The highest BCUT2D eigenvalue weighted by molar-refractivity contribution is 5.93. The van der Waals surface area contributed by atoms with Gasteiger partial charge in [-0.25, -0.2) is 0 Å². The summed E-state index contributed by atoms with van der Waals surface area (Å²) in [6, 6.07) is 20.0. The van der Waals surface area contributed by atoms with E-state index in [-0.39, 0.29) is 23.9 Å². The first kappa shape index (κ1) is 20.2. The number of hydrogen-bond acceptors (Lipinski definition) is 3. The molecule has 5 rings (SSSR count). The highest BCUT2D eigenvalue weighted by Crippen LogP contribution is 2.37. The Morgan fingerprint density at radius 2 is 1.45 bits per heavy atom. The molecule has 2 aliphatic heterocycles. The molecule has 1 amide bonds. The molecule has 154 valence electrons. The Kier molecular flexibility index (Phi) is 5.84. The average Bonchev–Trinajstić information content (AvgIpc) is 2.92. The predicted molar refractivity (Wildman–Crippen MR) is 120 cm³/mol. The third-order valence-corrected chi connectivity index (χ3v) is 7.16. The van der Waals surface area contributed by atoms with Crippen LogP contribution >= 0.6 is 12.4 Å². The normalized spacial score (nSPS) is 21.9. The molecule has 0 aromatic heterocycles. The standard InChI is InChI=1S/C24H29N3O.ClH/c28-23-24(27(18-25-23)22-8-2-1-3-9-22)14-16-26(17-15-24)21-12-10-19-6-4-5-7-20(19)11-13-21;/h1-9,21H,10-18H2,(H,25,28);1H. The molecule has 1 spiro atoms. The summed E-state index contributed by atoms with van der Waals surface area (Å²) in [7, 11) is 0. The molecule has 2 fully saturated rings. The molecule has 29 heavy (non-hydrogen) atoms. The van der Waals surface area contributed by atoms with Gasteiger partial charge in [-0.05, 0) is 61.8 Å². The molecule has 2 aromatic carbocycles. The second-order valence-corrected chi connectivity index (χ2v) is 8.50. The molecule has 0 bridgehead atoms. The van der Waals surface area contributed by atoms with Crippen molar-refractivity contribution in [3.63, 3.8) is 0 Å². The first-order chi connectivity index (χ1) is 13.8. The fraction of sp³-hybridized carbons (Fsp3) is 0.458. The highest BCUT2D eigenvalue weighted by Gasteiger charge is 2.50. The highest BCUT2D eigenvalue weighted by atomic mass is 35.5. The first-order valence-corrected chi connectivity index (χ1v) is 10.7. The Hall–Kier alpha value is -2.04. The Morgan fingerprint density at radius 1 is 0.862 bits per heavy atom. The van der Waals surface area contributed by atoms with Gasteiger partial charge >= 0.3 is 0 Å². The molecule has 0 saturated carbocycles. The molecule has 1 aliphatic carbocycles. The number of likely N-dealkylation sites (tertiary alicyclic amines) is 1. The minimum Gasteiger partial charge on any atom is -0.339 e. The van der Waals surface area contributed by atoms with Crippen LogP contribution < -0.4 is 10.2 Å². The van der Waals surface area contributed by atoms with Crippen molar-refractivity contribution in [1.82, 2.24) is 10.2 Å². The SMILES string of the molecule is Cl.O=C1NCN(c2ccccc2)C12CCN(C1CCc3ccccc3CC1)CC2. The van der Waals surface area contributed by atoms with Crippen LogP contribution in [0.3, 0.4) is 0 Å². The summed E-state index contributed by atoms with van der Waals surface area (Å²) in [6.07, 6.45) is 6.66. The number of nitrogens with zero attached hydrogens (tertiary/aromatic N) is 2. The molecular formula is C24H30ClN3O. The van der Waals surface area contributed by atoms with Crippen molar-refractivity contribution in [3.8, 4) is 0 Å². The van der Waals surface area contributed by atoms with Gasteiger partial charge in [0.2, 0.25) is 5.91 Å². The maximum Gasteiger partial charge on any atom is 0.247 e. The number of fused-ring (bicyclic) bond motifs is 1. The summed E-state index contributed by atoms with van der Waals surface area (Å²) in [6.45, 7) is 2.65. The molecule has 0 radical (unpaired) electrons. The smallest absolute Gasteiger partial charge is 0.247 e. The van der Waals surface area contributed by atoms with Gasteiger partial charge in [0.15, 0.2) is 0 Å². The van der Waals surface area contributed by atoms with Crippen LogP contribution in [-0.2, 0) is 17.6 Å². The number of benzene rings is 2. The van der Waals surface area contributed by atoms with E-state index in [1.807, 2.05) is 6.07 Å². The summed E-state index contributed by atoms with van der Waals surface area (Å²) in [4.78, 5) is 17.8. The number of halogens is 1. The molecule has 3 aliphatic rings. The number of aryl methyl sites for hydroxylation is 2. The van der Waals surface area contributed by atoms with Crippen molar-refractivity contribution < 1.29 is 4.79 Å². The van der Waals surface area contributed by atoms with Gasteiger partial charge in [0.05, 0.1) is 6.67 Å². The van der Waals surface area contributed by atoms with Gasteiger partial charge in [-0.2, -0.15) is 0 Å². The van der Waals surface area contributed by atoms with E-state index in [4.69, 9.17) is 0 Å².